The fourth-order valence-corrected chi connectivity index (χ4v) is 4.52. The molecule has 1 fully saturated rings. The molecule has 10 nitrogen and oxygen atoms in total. The summed E-state index contributed by atoms with van der Waals surface area (Å²) in [4.78, 5) is 28.1. The fraction of sp³-hybridized carbons (Fsp3) is 0.350. The van der Waals surface area contributed by atoms with Gasteiger partial charge in [-0.3, -0.25) is 14.9 Å². The summed E-state index contributed by atoms with van der Waals surface area (Å²) in [7, 11) is 1.63. The van der Waals surface area contributed by atoms with Crippen molar-refractivity contribution in [3.63, 3.8) is 0 Å². The van der Waals surface area contributed by atoms with E-state index in [2.05, 4.69) is 25.8 Å². The highest BCUT2D eigenvalue weighted by Gasteiger charge is 2.22. The Hall–Kier alpha value is -3.41. The summed E-state index contributed by atoms with van der Waals surface area (Å²) >= 11 is 1.06. The average Bonchev–Trinajstić information content (AvgIpc) is 3.20. The minimum Gasteiger partial charge on any atom is -0.304 e. The van der Waals surface area contributed by atoms with Crippen LogP contribution in [0.2, 0.25) is 0 Å². The number of aryl methyl sites for hydroxylation is 1. The van der Waals surface area contributed by atoms with Gasteiger partial charge in [-0.05, 0) is 58.6 Å². The minimum atomic E-state index is -0.719. The molecular weight excluding hydrogens is 437 g/mol. The Balaban J connectivity index is 1.59. The van der Waals surface area contributed by atoms with E-state index in [1.165, 1.54) is 29.3 Å². The largest absolute Gasteiger partial charge is 0.304 e. The van der Waals surface area contributed by atoms with Gasteiger partial charge in [0, 0.05) is 30.3 Å². The molecular formula is C20H20FN7O3S. The van der Waals surface area contributed by atoms with Crippen LogP contribution in [0.5, 0.6) is 0 Å². The number of nitrogens with one attached hydrogen (secondary N) is 1. The van der Waals surface area contributed by atoms with Gasteiger partial charge in [0.1, 0.15) is 0 Å². The summed E-state index contributed by atoms with van der Waals surface area (Å²) in [6.07, 6.45) is 6.99. The third kappa shape index (κ3) is 4.74. The summed E-state index contributed by atoms with van der Waals surface area (Å²) in [6.45, 7) is 0. The zero-order valence-electron chi connectivity index (χ0n) is 17.2. The first-order valence-corrected chi connectivity index (χ1v) is 10.9. The van der Waals surface area contributed by atoms with Crippen molar-refractivity contribution >= 4 is 29.2 Å². The van der Waals surface area contributed by atoms with Crippen molar-refractivity contribution in [2.75, 3.05) is 5.32 Å². The number of pyridine rings is 1. The molecule has 1 aliphatic rings. The van der Waals surface area contributed by atoms with Gasteiger partial charge in [-0.25, -0.2) is 14.1 Å². The maximum absolute atomic E-state index is 14.7. The number of hydrogen-bond donors (Lipinski definition) is 1. The predicted molar refractivity (Wildman–Crippen MR) is 114 cm³/mol. The predicted octanol–water partition coefficient (Wildman–Crippen LogP) is 4.10. The number of carbonyl (C=O) groups excluding carboxylic acids is 1. The number of hydrogen-bond acceptors (Lipinski definition) is 8. The Morgan fingerprint density at radius 2 is 2.06 bits per heavy atom. The molecule has 3 aromatic rings. The number of rotatable bonds is 6. The lowest BCUT2D eigenvalue weighted by molar-refractivity contribution is -0.384. The van der Waals surface area contributed by atoms with Gasteiger partial charge >= 0.3 is 0 Å². The highest BCUT2D eigenvalue weighted by Crippen LogP contribution is 2.34. The quantitative estimate of drug-likeness (QED) is 0.433. The molecule has 1 aliphatic carbocycles. The lowest BCUT2D eigenvalue weighted by Crippen LogP contribution is -2.16. The number of nitro groups is 1. The van der Waals surface area contributed by atoms with E-state index in [0.29, 0.717) is 10.1 Å². The maximum atomic E-state index is 14.7. The van der Waals surface area contributed by atoms with E-state index in [0.717, 1.165) is 49.1 Å². The second kappa shape index (κ2) is 9.39. The van der Waals surface area contributed by atoms with Crippen LogP contribution in [0.25, 0.3) is 0 Å². The van der Waals surface area contributed by atoms with E-state index >= 15 is 0 Å². The monoisotopic (exact) mass is 457 g/mol. The minimum absolute atomic E-state index is 0.00948. The molecule has 0 unspecified atom stereocenters. The number of amides is 1. The van der Waals surface area contributed by atoms with Crippen LogP contribution in [0.15, 0.2) is 40.5 Å². The summed E-state index contributed by atoms with van der Waals surface area (Å²) in [5, 5.41) is 25.1. The standard InChI is InChI=1S/C20H20FN7O3S/c1-27-20(24-25-26-27)32-17-8-7-14(28(30)31)10-15(17)19(29)23-18-16(21)9-13(11-22-18)12-5-3-2-4-6-12/h7-12H,2-6H2,1H3,(H,22,23,29). The first kappa shape index (κ1) is 21.8. The van der Waals surface area contributed by atoms with E-state index in [-0.39, 0.29) is 23.0 Å². The second-order valence-electron chi connectivity index (χ2n) is 7.51. The number of benzene rings is 1. The third-order valence-corrected chi connectivity index (χ3v) is 6.48. The van der Waals surface area contributed by atoms with Gasteiger partial charge in [-0.1, -0.05) is 19.3 Å². The Morgan fingerprint density at radius 3 is 2.72 bits per heavy atom. The van der Waals surface area contributed by atoms with Crippen LogP contribution in [-0.4, -0.2) is 36.0 Å². The van der Waals surface area contributed by atoms with Gasteiger partial charge in [0.2, 0.25) is 5.16 Å². The third-order valence-electron chi connectivity index (χ3n) is 5.37. The van der Waals surface area contributed by atoms with Gasteiger partial charge in [0.15, 0.2) is 11.6 Å². The lowest BCUT2D eigenvalue weighted by atomic mass is 9.85. The molecule has 2 aromatic heterocycles. The molecule has 0 atom stereocenters. The Morgan fingerprint density at radius 1 is 1.28 bits per heavy atom. The van der Waals surface area contributed by atoms with Crippen LogP contribution in [0.4, 0.5) is 15.9 Å². The van der Waals surface area contributed by atoms with E-state index in [1.807, 2.05) is 0 Å². The van der Waals surface area contributed by atoms with Gasteiger partial charge in [0.25, 0.3) is 11.6 Å². The number of nitrogens with zero attached hydrogens (tertiary/aromatic N) is 6. The molecule has 1 amide bonds. The van der Waals surface area contributed by atoms with Crippen LogP contribution in [0.3, 0.4) is 0 Å². The zero-order valence-corrected chi connectivity index (χ0v) is 18.0. The number of halogens is 1. The molecule has 1 aromatic carbocycles. The SMILES string of the molecule is Cn1nnnc1Sc1ccc([N+](=O)[O-])cc1C(=O)Nc1ncc(C2CCCCC2)cc1F. The van der Waals surface area contributed by atoms with Crippen molar-refractivity contribution in [2.24, 2.45) is 7.05 Å². The molecule has 0 aliphatic heterocycles. The Labute approximate surface area is 186 Å². The molecule has 0 radical (unpaired) electrons. The van der Waals surface area contributed by atoms with Gasteiger partial charge in [-0.15, -0.1) is 5.10 Å². The number of carbonyl (C=O) groups is 1. The van der Waals surface area contributed by atoms with Crippen molar-refractivity contribution in [3.8, 4) is 0 Å². The van der Waals surface area contributed by atoms with Crippen LogP contribution >= 0.6 is 11.8 Å². The molecule has 0 bridgehead atoms. The van der Waals surface area contributed by atoms with Gasteiger partial charge < -0.3 is 5.32 Å². The van der Waals surface area contributed by atoms with E-state index in [1.54, 1.807) is 13.2 Å². The van der Waals surface area contributed by atoms with Crippen molar-refractivity contribution in [1.29, 1.82) is 0 Å². The molecule has 0 saturated heterocycles. The first-order chi connectivity index (χ1) is 15.4. The van der Waals surface area contributed by atoms with Crippen molar-refractivity contribution in [2.45, 2.75) is 48.1 Å². The second-order valence-corrected chi connectivity index (χ2v) is 8.52. The molecule has 4 rings (SSSR count). The molecule has 1 saturated carbocycles. The lowest BCUT2D eigenvalue weighted by Gasteiger charge is -2.21. The van der Waals surface area contributed by atoms with Crippen molar-refractivity contribution in [3.05, 3.63) is 57.5 Å². The molecule has 1 N–H and O–H groups in total. The number of aromatic nitrogens is 5. The smallest absolute Gasteiger partial charge is 0.270 e. The number of nitro benzene ring substituents is 1. The van der Waals surface area contributed by atoms with E-state index in [9.17, 15) is 19.3 Å². The summed E-state index contributed by atoms with van der Waals surface area (Å²) < 4.78 is 16.1. The Bertz CT molecular complexity index is 1160. The first-order valence-electron chi connectivity index (χ1n) is 10.1. The zero-order chi connectivity index (χ0) is 22.7. The van der Waals surface area contributed by atoms with Crippen molar-refractivity contribution < 1.29 is 14.1 Å². The van der Waals surface area contributed by atoms with Crippen molar-refractivity contribution in [1.82, 2.24) is 25.2 Å². The number of anilines is 1. The highest BCUT2D eigenvalue weighted by molar-refractivity contribution is 7.99. The van der Waals surface area contributed by atoms with E-state index < -0.39 is 16.6 Å². The normalized spacial score (nSPS) is 14.3. The van der Waals surface area contributed by atoms with Gasteiger partial charge in [0.05, 0.1) is 10.5 Å². The summed E-state index contributed by atoms with van der Waals surface area (Å²) in [6, 6.07) is 5.26. The topological polar surface area (TPSA) is 129 Å². The number of non-ortho nitro benzene ring substituents is 1. The average molecular weight is 457 g/mol. The molecule has 32 heavy (non-hydrogen) atoms. The van der Waals surface area contributed by atoms with E-state index in [4.69, 9.17) is 0 Å². The molecule has 12 heteroatoms. The van der Waals surface area contributed by atoms with Crippen LogP contribution in [0, 0.1) is 15.9 Å². The fourth-order valence-electron chi connectivity index (χ4n) is 3.68. The summed E-state index contributed by atoms with van der Waals surface area (Å²) in [5.41, 5.74) is 0.544. The van der Waals surface area contributed by atoms with Crippen LogP contribution < -0.4 is 5.32 Å². The van der Waals surface area contributed by atoms with Crippen LogP contribution in [0.1, 0.15) is 53.9 Å². The highest BCUT2D eigenvalue weighted by atomic mass is 32.2. The van der Waals surface area contributed by atoms with Gasteiger partial charge in [-0.2, -0.15) is 0 Å². The van der Waals surface area contributed by atoms with Crippen LogP contribution in [-0.2, 0) is 7.05 Å². The molecule has 0 spiro atoms. The maximum Gasteiger partial charge on any atom is 0.270 e. The molecule has 166 valence electrons. The summed E-state index contributed by atoms with van der Waals surface area (Å²) in [5.74, 6) is -1.31. The molecule has 2 heterocycles. The Kier molecular flexibility index (Phi) is 6.40. The number of tetrazole rings is 1.